The molecule has 1 fully saturated rings. The summed E-state index contributed by atoms with van der Waals surface area (Å²) in [5, 5.41) is 0. The third kappa shape index (κ3) is 3.94. The fraction of sp³-hybridized carbons (Fsp3) is 0.750. The molecule has 0 aromatic carbocycles. The van der Waals surface area contributed by atoms with Gasteiger partial charge in [-0.2, -0.15) is 0 Å². The summed E-state index contributed by atoms with van der Waals surface area (Å²) in [7, 11) is 5.54. The monoisotopic (exact) mass is 207 g/mol. The van der Waals surface area contributed by atoms with Gasteiger partial charge in [0.15, 0.2) is 0 Å². The third-order valence-electron chi connectivity index (χ3n) is 2.90. The standard InChI is InChI=1S/C12H21N3/c1-13-7-10-4-11(8-14-2)6-12(5-10)9-15-3/h7-12H,4-6H2,1-3H3/b13-7-,14-8-,15-9-. The van der Waals surface area contributed by atoms with Gasteiger partial charge in [0.25, 0.3) is 0 Å². The van der Waals surface area contributed by atoms with Crippen molar-refractivity contribution in [2.45, 2.75) is 19.3 Å². The molecule has 0 amide bonds. The zero-order valence-electron chi connectivity index (χ0n) is 9.93. The molecule has 0 saturated heterocycles. The van der Waals surface area contributed by atoms with Gasteiger partial charge in [-0.25, -0.2) is 0 Å². The van der Waals surface area contributed by atoms with Crippen LogP contribution in [0.1, 0.15) is 19.3 Å². The topological polar surface area (TPSA) is 37.1 Å². The van der Waals surface area contributed by atoms with E-state index in [9.17, 15) is 0 Å². The maximum absolute atomic E-state index is 4.13. The van der Waals surface area contributed by atoms with E-state index in [-0.39, 0.29) is 0 Å². The van der Waals surface area contributed by atoms with Crippen LogP contribution in [0.25, 0.3) is 0 Å². The second-order valence-electron chi connectivity index (χ2n) is 4.21. The van der Waals surface area contributed by atoms with Crippen LogP contribution < -0.4 is 0 Å². The predicted molar refractivity (Wildman–Crippen MR) is 67.6 cm³/mol. The minimum atomic E-state index is 0.592. The molecule has 0 radical (unpaired) electrons. The Kier molecular flexibility index (Phi) is 5.22. The quantitative estimate of drug-likeness (QED) is 0.636. The highest BCUT2D eigenvalue weighted by Gasteiger charge is 2.25. The molecule has 3 heteroatoms. The lowest BCUT2D eigenvalue weighted by molar-refractivity contribution is 0.349. The molecule has 0 aliphatic heterocycles. The lowest BCUT2D eigenvalue weighted by Crippen LogP contribution is -2.25. The lowest BCUT2D eigenvalue weighted by Gasteiger charge is -2.29. The van der Waals surface area contributed by atoms with Gasteiger partial charge in [0.2, 0.25) is 0 Å². The van der Waals surface area contributed by atoms with E-state index in [0.717, 1.165) is 0 Å². The summed E-state index contributed by atoms with van der Waals surface area (Å²) in [4.78, 5) is 12.4. The van der Waals surface area contributed by atoms with Crippen molar-refractivity contribution in [3.63, 3.8) is 0 Å². The number of hydrogen-bond donors (Lipinski definition) is 0. The largest absolute Gasteiger partial charge is 0.301 e. The van der Waals surface area contributed by atoms with Gasteiger partial charge in [-0.05, 0) is 37.0 Å². The Bertz CT molecular complexity index is 207. The second kappa shape index (κ2) is 6.49. The van der Waals surface area contributed by atoms with Crippen molar-refractivity contribution in [2.75, 3.05) is 21.1 Å². The maximum Gasteiger partial charge on any atom is 0.0273 e. The van der Waals surface area contributed by atoms with Gasteiger partial charge in [0, 0.05) is 39.8 Å². The molecule has 0 heterocycles. The molecule has 0 N–H and O–H groups in total. The number of aliphatic imine (C=N–C) groups is 3. The van der Waals surface area contributed by atoms with Crippen LogP contribution in [0.2, 0.25) is 0 Å². The molecule has 0 unspecified atom stereocenters. The summed E-state index contributed by atoms with van der Waals surface area (Å²) in [5.74, 6) is 1.78. The summed E-state index contributed by atoms with van der Waals surface area (Å²) in [6.45, 7) is 0. The number of rotatable bonds is 3. The molecular weight excluding hydrogens is 186 g/mol. The average Bonchev–Trinajstić information content (AvgIpc) is 2.19. The highest BCUT2D eigenvalue weighted by Crippen LogP contribution is 2.30. The third-order valence-corrected chi connectivity index (χ3v) is 2.90. The van der Waals surface area contributed by atoms with Crippen molar-refractivity contribution in [3.8, 4) is 0 Å². The molecule has 0 spiro atoms. The van der Waals surface area contributed by atoms with Crippen LogP contribution in [0.15, 0.2) is 15.0 Å². The summed E-state index contributed by atoms with van der Waals surface area (Å²) in [6, 6.07) is 0. The molecule has 3 nitrogen and oxygen atoms in total. The second-order valence-corrected chi connectivity index (χ2v) is 4.21. The molecule has 15 heavy (non-hydrogen) atoms. The van der Waals surface area contributed by atoms with E-state index in [1.165, 1.54) is 19.3 Å². The molecule has 1 rings (SSSR count). The first-order chi connectivity index (χ1) is 7.30. The highest BCUT2D eigenvalue weighted by atomic mass is 14.7. The summed E-state index contributed by atoms with van der Waals surface area (Å²) in [6.07, 6.45) is 9.78. The van der Waals surface area contributed by atoms with Crippen LogP contribution in [0.3, 0.4) is 0 Å². The van der Waals surface area contributed by atoms with E-state index in [1.807, 2.05) is 21.1 Å². The van der Waals surface area contributed by atoms with Crippen molar-refractivity contribution in [1.29, 1.82) is 0 Å². The van der Waals surface area contributed by atoms with Crippen LogP contribution in [-0.4, -0.2) is 39.8 Å². The van der Waals surface area contributed by atoms with Crippen molar-refractivity contribution < 1.29 is 0 Å². The van der Waals surface area contributed by atoms with Gasteiger partial charge in [-0.1, -0.05) is 0 Å². The van der Waals surface area contributed by atoms with Gasteiger partial charge in [-0.3, -0.25) is 0 Å². The van der Waals surface area contributed by atoms with Crippen LogP contribution in [0, 0.1) is 17.8 Å². The molecule has 0 bridgehead atoms. The Morgan fingerprint density at radius 3 is 1.13 bits per heavy atom. The predicted octanol–water partition coefficient (Wildman–Crippen LogP) is 2.12. The molecule has 1 aliphatic rings. The van der Waals surface area contributed by atoms with Crippen molar-refractivity contribution in [2.24, 2.45) is 32.7 Å². The lowest BCUT2D eigenvalue weighted by atomic mass is 9.76. The molecule has 1 saturated carbocycles. The van der Waals surface area contributed by atoms with E-state index in [2.05, 4.69) is 33.6 Å². The first-order valence-electron chi connectivity index (χ1n) is 5.57. The van der Waals surface area contributed by atoms with Gasteiger partial charge in [-0.15, -0.1) is 0 Å². The van der Waals surface area contributed by atoms with E-state index >= 15 is 0 Å². The highest BCUT2D eigenvalue weighted by molar-refractivity contribution is 5.69. The SMILES string of the molecule is C/N=C\C1CC(/C=N\C)CC(/C=N\C)C1. The number of hydrogen-bond acceptors (Lipinski definition) is 3. The van der Waals surface area contributed by atoms with Crippen LogP contribution in [-0.2, 0) is 0 Å². The van der Waals surface area contributed by atoms with E-state index < -0.39 is 0 Å². The first kappa shape index (κ1) is 12.1. The fourth-order valence-corrected chi connectivity index (χ4v) is 2.45. The maximum atomic E-state index is 4.13. The van der Waals surface area contributed by atoms with E-state index in [0.29, 0.717) is 17.8 Å². The smallest absolute Gasteiger partial charge is 0.0273 e. The summed E-state index contributed by atoms with van der Waals surface area (Å²) < 4.78 is 0. The Morgan fingerprint density at radius 1 is 0.667 bits per heavy atom. The van der Waals surface area contributed by atoms with Gasteiger partial charge in [0.1, 0.15) is 0 Å². The van der Waals surface area contributed by atoms with Gasteiger partial charge >= 0.3 is 0 Å². The van der Waals surface area contributed by atoms with Crippen LogP contribution in [0.4, 0.5) is 0 Å². The van der Waals surface area contributed by atoms with Crippen molar-refractivity contribution in [1.82, 2.24) is 0 Å². The minimum Gasteiger partial charge on any atom is -0.301 e. The minimum absolute atomic E-state index is 0.592. The van der Waals surface area contributed by atoms with Gasteiger partial charge in [0.05, 0.1) is 0 Å². The Balaban J connectivity index is 2.63. The zero-order valence-corrected chi connectivity index (χ0v) is 9.93. The Labute approximate surface area is 92.4 Å². The molecule has 0 aromatic rings. The Hall–Kier alpha value is -0.990. The summed E-state index contributed by atoms with van der Waals surface area (Å²) >= 11 is 0. The average molecular weight is 207 g/mol. The molecule has 0 atom stereocenters. The van der Waals surface area contributed by atoms with Crippen LogP contribution >= 0.6 is 0 Å². The zero-order chi connectivity index (χ0) is 11.1. The molecule has 84 valence electrons. The van der Waals surface area contributed by atoms with Gasteiger partial charge < -0.3 is 15.0 Å². The van der Waals surface area contributed by atoms with Crippen LogP contribution in [0.5, 0.6) is 0 Å². The molecule has 1 aliphatic carbocycles. The van der Waals surface area contributed by atoms with E-state index in [4.69, 9.17) is 0 Å². The van der Waals surface area contributed by atoms with Crippen molar-refractivity contribution >= 4 is 18.6 Å². The molecule has 0 aromatic heterocycles. The molecular formula is C12H21N3. The van der Waals surface area contributed by atoms with E-state index in [1.54, 1.807) is 0 Å². The Morgan fingerprint density at radius 2 is 0.933 bits per heavy atom. The fourth-order valence-electron chi connectivity index (χ4n) is 2.45. The first-order valence-corrected chi connectivity index (χ1v) is 5.57. The van der Waals surface area contributed by atoms with Crippen molar-refractivity contribution in [3.05, 3.63) is 0 Å². The normalized spacial score (nSPS) is 33.4. The summed E-state index contributed by atoms with van der Waals surface area (Å²) in [5.41, 5.74) is 0. The number of nitrogens with zero attached hydrogens (tertiary/aromatic N) is 3.